The van der Waals surface area contributed by atoms with Crippen LogP contribution in [0.4, 0.5) is 0 Å². The van der Waals surface area contributed by atoms with Gasteiger partial charge in [-0.1, -0.05) is 54.6 Å². The summed E-state index contributed by atoms with van der Waals surface area (Å²) >= 11 is 0. The van der Waals surface area contributed by atoms with Gasteiger partial charge >= 0.3 is 0 Å². The predicted molar refractivity (Wildman–Crippen MR) is 107 cm³/mol. The summed E-state index contributed by atoms with van der Waals surface area (Å²) in [4.78, 5) is 6.49. The van der Waals surface area contributed by atoms with Crippen LogP contribution in [0.5, 0.6) is 0 Å². The lowest BCUT2D eigenvalue weighted by molar-refractivity contribution is 0.295. The number of nitrogens with zero attached hydrogens (tertiary/aromatic N) is 4. The third-order valence-corrected chi connectivity index (χ3v) is 5.41. The maximum absolute atomic E-state index is 4.20. The first kappa shape index (κ1) is 16.1. The van der Waals surface area contributed by atoms with E-state index < -0.39 is 0 Å². The van der Waals surface area contributed by atoms with E-state index in [0.29, 0.717) is 5.92 Å². The van der Waals surface area contributed by atoms with Crippen molar-refractivity contribution in [1.82, 2.24) is 20.1 Å². The fourth-order valence-corrected chi connectivity index (χ4v) is 4.10. The van der Waals surface area contributed by atoms with Gasteiger partial charge in [0.2, 0.25) is 0 Å². The molecule has 4 nitrogen and oxygen atoms in total. The van der Waals surface area contributed by atoms with Crippen LogP contribution in [-0.4, -0.2) is 33.7 Å². The summed E-state index contributed by atoms with van der Waals surface area (Å²) in [6, 6.07) is 22.0. The third-order valence-electron chi connectivity index (χ3n) is 5.41. The molecular weight excluding hydrogens is 332 g/mol. The molecule has 5 rings (SSSR count). The zero-order valence-electron chi connectivity index (χ0n) is 15.2. The number of fused-ring (bicyclic) bond motifs is 2. The van der Waals surface area contributed by atoms with Gasteiger partial charge in [-0.15, -0.1) is 10.2 Å². The molecule has 0 aliphatic carbocycles. The molecule has 0 radical (unpaired) electrons. The molecule has 27 heavy (non-hydrogen) atoms. The maximum Gasteiger partial charge on any atom is 0.138 e. The Kier molecular flexibility index (Phi) is 3.91. The summed E-state index contributed by atoms with van der Waals surface area (Å²) in [5.41, 5.74) is 6.02. The Labute approximate surface area is 158 Å². The Bertz CT molecular complexity index is 1110. The van der Waals surface area contributed by atoms with Crippen molar-refractivity contribution in [1.29, 1.82) is 0 Å². The summed E-state index contributed by atoms with van der Waals surface area (Å²) in [7, 11) is 2.19. The Balaban J connectivity index is 1.59. The van der Waals surface area contributed by atoms with Crippen LogP contribution in [-0.2, 0) is 6.54 Å². The van der Waals surface area contributed by atoms with E-state index in [1.54, 1.807) is 6.20 Å². The number of rotatable bonds is 2. The van der Waals surface area contributed by atoms with E-state index in [1.807, 2.05) is 0 Å². The van der Waals surface area contributed by atoms with Crippen LogP contribution in [0.2, 0.25) is 0 Å². The van der Waals surface area contributed by atoms with E-state index in [1.165, 1.54) is 33.8 Å². The smallest absolute Gasteiger partial charge is 0.138 e. The molecule has 0 saturated carbocycles. The number of aromatic nitrogens is 3. The van der Waals surface area contributed by atoms with Gasteiger partial charge < -0.3 is 4.90 Å². The van der Waals surface area contributed by atoms with Gasteiger partial charge in [-0.05, 0) is 40.6 Å². The molecule has 0 spiro atoms. The second-order valence-corrected chi connectivity index (χ2v) is 7.26. The summed E-state index contributed by atoms with van der Waals surface area (Å²) in [6.45, 7) is 1.97. The molecular formula is C23H20N4. The van der Waals surface area contributed by atoms with E-state index in [-0.39, 0.29) is 0 Å². The Morgan fingerprint density at radius 1 is 0.963 bits per heavy atom. The zero-order valence-corrected chi connectivity index (χ0v) is 15.2. The quantitative estimate of drug-likeness (QED) is 0.540. The topological polar surface area (TPSA) is 41.9 Å². The Morgan fingerprint density at radius 3 is 2.70 bits per heavy atom. The molecule has 0 amide bonds. The molecule has 1 aliphatic heterocycles. The molecule has 132 valence electrons. The van der Waals surface area contributed by atoms with Crippen LogP contribution in [0.1, 0.15) is 22.6 Å². The normalized spacial score (nSPS) is 17.0. The summed E-state index contributed by atoms with van der Waals surface area (Å²) in [5, 5.41) is 10.7. The lowest BCUT2D eigenvalue weighted by Gasteiger charge is -2.33. The second-order valence-electron chi connectivity index (χ2n) is 7.26. The second kappa shape index (κ2) is 6.56. The highest BCUT2D eigenvalue weighted by atomic mass is 15.1. The highest BCUT2D eigenvalue weighted by Gasteiger charge is 2.25. The van der Waals surface area contributed by atoms with Crippen molar-refractivity contribution >= 4 is 10.8 Å². The van der Waals surface area contributed by atoms with Crippen LogP contribution in [0, 0.1) is 0 Å². The van der Waals surface area contributed by atoms with Gasteiger partial charge in [0.15, 0.2) is 0 Å². The largest absolute Gasteiger partial charge is 0.301 e. The van der Waals surface area contributed by atoms with Crippen LogP contribution in [0.3, 0.4) is 0 Å². The average molecular weight is 352 g/mol. The predicted octanol–water partition coefficient (Wildman–Crippen LogP) is 4.27. The van der Waals surface area contributed by atoms with Gasteiger partial charge in [0.25, 0.3) is 0 Å². The minimum Gasteiger partial charge on any atom is -0.301 e. The Hall–Kier alpha value is -3.11. The van der Waals surface area contributed by atoms with Crippen molar-refractivity contribution in [3.05, 3.63) is 89.9 Å². The molecule has 1 atom stereocenters. The Morgan fingerprint density at radius 2 is 1.85 bits per heavy atom. The van der Waals surface area contributed by atoms with Crippen LogP contribution in [0.15, 0.2) is 73.2 Å². The standard InChI is InChI=1S/C23H20N4/c1-27-13-20-11-19(23-12-24-15-25-26-23)8-9-21(20)22(14-27)18-7-6-16-4-2-3-5-17(16)10-18/h2-12,15,22H,13-14H2,1H3. The SMILES string of the molecule is CN1Cc2cc(-c3cncnn3)ccc2C(c2ccc3ccccc3c2)C1. The molecule has 1 unspecified atom stereocenters. The van der Waals surface area contributed by atoms with Crippen LogP contribution >= 0.6 is 0 Å². The van der Waals surface area contributed by atoms with Crippen molar-refractivity contribution < 1.29 is 0 Å². The lowest BCUT2D eigenvalue weighted by atomic mass is 9.83. The molecule has 2 heterocycles. The fraction of sp³-hybridized carbons (Fsp3) is 0.174. The van der Waals surface area contributed by atoms with Gasteiger partial charge in [-0.3, -0.25) is 0 Å². The van der Waals surface area contributed by atoms with Gasteiger partial charge in [0.1, 0.15) is 12.0 Å². The van der Waals surface area contributed by atoms with Crippen molar-refractivity contribution in [2.24, 2.45) is 0 Å². The van der Waals surface area contributed by atoms with E-state index in [9.17, 15) is 0 Å². The molecule has 0 fully saturated rings. The van der Waals surface area contributed by atoms with E-state index in [2.05, 4.69) is 87.8 Å². The number of hydrogen-bond acceptors (Lipinski definition) is 4. The molecule has 4 aromatic rings. The monoisotopic (exact) mass is 352 g/mol. The first-order valence-corrected chi connectivity index (χ1v) is 9.21. The number of likely N-dealkylation sites (N-methyl/N-ethyl adjacent to an activating group) is 1. The lowest BCUT2D eigenvalue weighted by Crippen LogP contribution is -2.31. The maximum atomic E-state index is 4.20. The van der Waals surface area contributed by atoms with Crippen molar-refractivity contribution in [3.8, 4) is 11.3 Å². The third kappa shape index (κ3) is 2.98. The van der Waals surface area contributed by atoms with Gasteiger partial charge in [0.05, 0.1) is 6.20 Å². The van der Waals surface area contributed by atoms with E-state index in [0.717, 1.165) is 24.3 Å². The summed E-state index contributed by atoms with van der Waals surface area (Å²) in [5.74, 6) is 0.373. The number of hydrogen-bond donors (Lipinski definition) is 0. The number of benzene rings is 3. The van der Waals surface area contributed by atoms with Gasteiger partial charge in [-0.25, -0.2) is 4.98 Å². The summed E-state index contributed by atoms with van der Waals surface area (Å²) in [6.07, 6.45) is 3.23. The van der Waals surface area contributed by atoms with Crippen LogP contribution < -0.4 is 0 Å². The molecule has 1 aromatic heterocycles. The van der Waals surface area contributed by atoms with E-state index in [4.69, 9.17) is 0 Å². The molecule has 0 saturated heterocycles. The van der Waals surface area contributed by atoms with Gasteiger partial charge in [-0.2, -0.15) is 0 Å². The molecule has 1 aliphatic rings. The minimum atomic E-state index is 0.373. The first-order valence-electron chi connectivity index (χ1n) is 9.21. The van der Waals surface area contributed by atoms with Crippen LogP contribution in [0.25, 0.3) is 22.0 Å². The zero-order chi connectivity index (χ0) is 18.2. The highest BCUT2D eigenvalue weighted by molar-refractivity contribution is 5.83. The molecule has 4 heteroatoms. The average Bonchev–Trinajstić information content (AvgIpc) is 2.73. The van der Waals surface area contributed by atoms with Crippen molar-refractivity contribution in [3.63, 3.8) is 0 Å². The highest BCUT2D eigenvalue weighted by Crippen LogP contribution is 2.36. The van der Waals surface area contributed by atoms with E-state index >= 15 is 0 Å². The summed E-state index contributed by atoms with van der Waals surface area (Å²) < 4.78 is 0. The molecule has 0 bridgehead atoms. The molecule has 0 N–H and O–H groups in total. The van der Waals surface area contributed by atoms with Crippen molar-refractivity contribution in [2.75, 3.05) is 13.6 Å². The first-order chi connectivity index (χ1) is 13.3. The van der Waals surface area contributed by atoms with Gasteiger partial charge in [0, 0.05) is 24.6 Å². The fourth-order valence-electron chi connectivity index (χ4n) is 4.10. The minimum absolute atomic E-state index is 0.373. The molecule has 3 aromatic carbocycles. The van der Waals surface area contributed by atoms with Crippen molar-refractivity contribution in [2.45, 2.75) is 12.5 Å².